The van der Waals surface area contributed by atoms with Crippen molar-refractivity contribution in [2.45, 2.75) is 36.8 Å². The highest BCUT2D eigenvalue weighted by Crippen LogP contribution is 2.26. The highest BCUT2D eigenvalue weighted by Gasteiger charge is 2.23. The van der Waals surface area contributed by atoms with Crippen LogP contribution in [0.15, 0.2) is 29.2 Å². The van der Waals surface area contributed by atoms with Gasteiger partial charge in [0, 0.05) is 18.0 Å². The molecule has 1 heterocycles. The number of carbonyl (C=O) groups is 1. The maximum Gasteiger partial charge on any atom is 0.235 e. The van der Waals surface area contributed by atoms with Gasteiger partial charge in [-0.1, -0.05) is 26.0 Å². The predicted octanol–water partition coefficient (Wildman–Crippen LogP) is 3.15. The second-order valence-electron chi connectivity index (χ2n) is 5.42. The zero-order valence-corrected chi connectivity index (χ0v) is 13.3. The minimum atomic E-state index is -0.0435. The Morgan fingerprint density at radius 3 is 2.30 bits per heavy atom. The van der Waals surface area contributed by atoms with E-state index in [4.69, 9.17) is 4.74 Å². The molecule has 20 heavy (non-hydrogen) atoms. The minimum absolute atomic E-state index is 0.0435. The molecule has 1 saturated heterocycles. The topological polar surface area (TPSA) is 29.5 Å². The largest absolute Gasteiger partial charge is 0.378 e. The van der Waals surface area contributed by atoms with Gasteiger partial charge in [-0.3, -0.25) is 4.79 Å². The van der Waals surface area contributed by atoms with Crippen molar-refractivity contribution in [3.05, 3.63) is 29.8 Å². The summed E-state index contributed by atoms with van der Waals surface area (Å²) in [5, 5.41) is -0.0435. The van der Waals surface area contributed by atoms with Crippen molar-refractivity contribution in [3.63, 3.8) is 0 Å². The quantitative estimate of drug-likeness (QED) is 0.799. The molecule has 1 atom stereocenters. The van der Waals surface area contributed by atoms with E-state index in [2.05, 4.69) is 38.1 Å². The first-order valence-corrected chi connectivity index (χ1v) is 8.09. The molecule has 0 radical (unpaired) electrons. The van der Waals surface area contributed by atoms with Crippen LogP contribution in [0.2, 0.25) is 0 Å². The van der Waals surface area contributed by atoms with Crippen LogP contribution in [-0.2, 0) is 9.53 Å². The summed E-state index contributed by atoms with van der Waals surface area (Å²) in [6, 6.07) is 8.53. The number of ether oxygens (including phenoxy) is 1. The molecule has 1 aromatic rings. The Hall–Kier alpha value is -1.00. The number of amides is 1. The number of thioether (sulfide) groups is 1. The summed E-state index contributed by atoms with van der Waals surface area (Å²) in [5.74, 6) is 0.757. The normalized spacial score (nSPS) is 17.3. The zero-order chi connectivity index (χ0) is 14.5. The van der Waals surface area contributed by atoms with Gasteiger partial charge in [-0.15, -0.1) is 11.8 Å². The molecule has 2 rings (SSSR count). The minimum Gasteiger partial charge on any atom is -0.378 e. The van der Waals surface area contributed by atoms with Crippen molar-refractivity contribution in [1.82, 2.24) is 4.90 Å². The standard InChI is InChI=1S/C16H23NO2S/c1-12(2)14-4-6-15(7-5-14)20-13(3)16(18)17-8-10-19-11-9-17/h4-7,12-13H,8-11H2,1-3H3. The van der Waals surface area contributed by atoms with Gasteiger partial charge in [0.05, 0.1) is 18.5 Å². The van der Waals surface area contributed by atoms with Gasteiger partial charge in [0.1, 0.15) is 0 Å². The second-order valence-corrected chi connectivity index (χ2v) is 6.84. The molecule has 3 nitrogen and oxygen atoms in total. The third-order valence-electron chi connectivity index (χ3n) is 3.53. The second kappa shape index (κ2) is 7.14. The van der Waals surface area contributed by atoms with Crippen LogP contribution in [0.3, 0.4) is 0 Å². The van der Waals surface area contributed by atoms with E-state index >= 15 is 0 Å². The highest BCUT2D eigenvalue weighted by atomic mass is 32.2. The average Bonchev–Trinajstić information content (AvgIpc) is 2.48. The van der Waals surface area contributed by atoms with Crippen LogP contribution < -0.4 is 0 Å². The van der Waals surface area contributed by atoms with Crippen LogP contribution in [-0.4, -0.2) is 42.4 Å². The summed E-state index contributed by atoms with van der Waals surface area (Å²) < 4.78 is 5.28. The molecule has 110 valence electrons. The Bertz CT molecular complexity index is 438. The van der Waals surface area contributed by atoms with Crippen molar-refractivity contribution < 1.29 is 9.53 Å². The van der Waals surface area contributed by atoms with E-state index in [9.17, 15) is 4.79 Å². The van der Waals surface area contributed by atoms with Crippen LogP contribution in [0.25, 0.3) is 0 Å². The molecule has 0 spiro atoms. The lowest BCUT2D eigenvalue weighted by molar-refractivity contribution is -0.134. The van der Waals surface area contributed by atoms with E-state index < -0.39 is 0 Å². The zero-order valence-electron chi connectivity index (χ0n) is 12.5. The smallest absolute Gasteiger partial charge is 0.235 e. The SMILES string of the molecule is CC(Sc1ccc(C(C)C)cc1)C(=O)N1CCOCC1. The number of carbonyl (C=O) groups excluding carboxylic acids is 1. The van der Waals surface area contributed by atoms with Crippen molar-refractivity contribution in [2.24, 2.45) is 0 Å². The lowest BCUT2D eigenvalue weighted by Gasteiger charge is -2.29. The number of rotatable bonds is 4. The summed E-state index contributed by atoms with van der Waals surface area (Å²) in [6.45, 7) is 9.11. The monoisotopic (exact) mass is 293 g/mol. The molecular weight excluding hydrogens is 270 g/mol. The summed E-state index contributed by atoms with van der Waals surface area (Å²) >= 11 is 1.63. The van der Waals surface area contributed by atoms with Crippen molar-refractivity contribution in [1.29, 1.82) is 0 Å². The van der Waals surface area contributed by atoms with Crippen LogP contribution in [0.5, 0.6) is 0 Å². The Morgan fingerprint density at radius 1 is 1.15 bits per heavy atom. The van der Waals surface area contributed by atoms with Crippen LogP contribution >= 0.6 is 11.8 Å². The third-order valence-corrected chi connectivity index (χ3v) is 4.63. The van der Waals surface area contributed by atoms with E-state index in [1.165, 1.54) is 5.56 Å². The summed E-state index contributed by atoms with van der Waals surface area (Å²) in [6.07, 6.45) is 0. The lowest BCUT2D eigenvalue weighted by atomic mass is 10.0. The number of benzene rings is 1. The van der Waals surface area contributed by atoms with Gasteiger partial charge in [-0.05, 0) is 30.5 Å². The summed E-state index contributed by atoms with van der Waals surface area (Å²) in [5.41, 5.74) is 1.33. The van der Waals surface area contributed by atoms with E-state index in [1.807, 2.05) is 11.8 Å². The van der Waals surface area contributed by atoms with Crippen LogP contribution in [0.1, 0.15) is 32.3 Å². The van der Waals surface area contributed by atoms with E-state index in [-0.39, 0.29) is 11.2 Å². The number of hydrogen-bond acceptors (Lipinski definition) is 3. The molecule has 0 N–H and O–H groups in total. The fraction of sp³-hybridized carbons (Fsp3) is 0.562. The first-order valence-electron chi connectivity index (χ1n) is 7.21. The first-order chi connectivity index (χ1) is 9.58. The molecule has 1 amide bonds. The Morgan fingerprint density at radius 2 is 1.75 bits per heavy atom. The Balaban J connectivity index is 1.92. The van der Waals surface area contributed by atoms with Gasteiger partial charge in [0.2, 0.25) is 5.91 Å². The summed E-state index contributed by atoms with van der Waals surface area (Å²) in [4.78, 5) is 15.4. The molecule has 1 aliphatic heterocycles. The molecular formula is C16H23NO2S. The van der Waals surface area contributed by atoms with Crippen LogP contribution in [0, 0.1) is 0 Å². The molecule has 0 bridgehead atoms. The molecule has 4 heteroatoms. The maximum absolute atomic E-state index is 12.3. The fourth-order valence-electron chi connectivity index (χ4n) is 2.23. The van der Waals surface area contributed by atoms with Crippen molar-refractivity contribution in [2.75, 3.05) is 26.3 Å². The average molecular weight is 293 g/mol. The van der Waals surface area contributed by atoms with E-state index in [0.29, 0.717) is 19.1 Å². The Labute approximate surface area is 125 Å². The highest BCUT2D eigenvalue weighted by molar-refractivity contribution is 8.00. The van der Waals surface area contributed by atoms with Gasteiger partial charge in [0.25, 0.3) is 0 Å². The number of hydrogen-bond donors (Lipinski definition) is 0. The van der Waals surface area contributed by atoms with Gasteiger partial charge < -0.3 is 9.64 Å². The lowest BCUT2D eigenvalue weighted by Crippen LogP contribution is -2.44. The van der Waals surface area contributed by atoms with Crippen LogP contribution in [0.4, 0.5) is 0 Å². The number of morpholine rings is 1. The molecule has 0 aromatic heterocycles. The predicted molar refractivity (Wildman–Crippen MR) is 83.2 cm³/mol. The fourth-order valence-corrected chi connectivity index (χ4v) is 3.18. The van der Waals surface area contributed by atoms with Gasteiger partial charge in [-0.2, -0.15) is 0 Å². The summed E-state index contributed by atoms with van der Waals surface area (Å²) in [7, 11) is 0. The molecule has 1 aromatic carbocycles. The molecule has 1 unspecified atom stereocenters. The van der Waals surface area contributed by atoms with Crippen molar-refractivity contribution >= 4 is 17.7 Å². The molecule has 0 saturated carbocycles. The molecule has 0 aliphatic carbocycles. The first kappa shape index (κ1) is 15.4. The van der Waals surface area contributed by atoms with E-state index in [0.717, 1.165) is 18.0 Å². The van der Waals surface area contributed by atoms with E-state index in [1.54, 1.807) is 11.8 Å². The van der Waals surface area contributed by atoms with Gasteiger partial charge >= 0.3 is 0 Å². The van der Waals surface area contributed by atoms with Gasteiger partial charge in [-0.25, -0.2) is 0 Å². The molecule has 1 fully saturated rings. The maximum atomic E-state index is 12.3. The Kier molecular flexibility index (Phi) is 5.49. The van der Waals surface area contributed by atoms with Crippen molar-refractivity contribution in [3.8, 4) is 0 Å². The third kappa shape index (κ3) is 4.00. The number of nitrogens with zero attached hydrogens (tertiary/aromatic N) is 1. The molecule has 1 aliphatic rings. The van der Waals surface area contributed by atoms with Gasteiger partial charge in [0.15, 0.2) is 0 Å².